The Kier molecular flexibility index (Phi) is 4.52. The summed E-state index contributed by atoms with van der Waals surface area (Å²) in [5.74, 6) is 0.0161. The summed E-state index contributed by atoms with van der Waals surface area (Å²) in [6, 6.07) is 7.21. The third-order valence-corrected chi connectivity index (χ3v) is 4.08. The van der Waals surface area contributed by atoms with Crippen LogP contribution in [0.1, 0.15) is 12.1 Å². The Balaban J connectivity index is 1.77. The van der Waals surface area contributed by atoms with Gasteiger partial charge < -0.3 is 9.64 Å². The quantitative estimate of drug-likeness (QED) is 0.863. The van der Waals surface area contributed by atoms with Crippen molar-refractivity contribution in [3.05, 3.63) is 52.0 Å². The molecule has 2 heterocycles. The number of carbonyl (C=O) groups excluding carboxylic acids is 1. The topological polar surface area (TPSA) is 75.3 Å². The van der Waals surface area contributed by atoms with Gasteiger partial charge in [-0.25, -0.2) is 5.10 Å². The molecule has 0 saturated heterocycles. The van der Waals surface area contributed by atoms with Gasteiger partial charge in [0.2, 0.25) is 5.91 Å². The summed E-state index contributed by atoms with van der Waals surface area (Å²) in [5.41, 5.74) is 1.60. The summed E-state index contributed by atoms with van der Waals surface area (Å²) in [7, 11) is 1.67. The summed E-state index contributed by atoms with van der Waals surface area (Å²) in [5, 5.41) is 7.83. The lowest BCUT2D eigenvalue weighted by Gasteiger charge is -2.26. The first-order valence-electron chi connectivity index (χ1n) is 7.60. The van der Waals surface area contributed by atoms with Crippen molar-refractivity contribution in [1.82, 2.24) is 15.1 Å². The van der Waals surface area contributed by atoms with Crippen LogP contribution in [0.5, 0.6) is 0 Å². The summed E-state index contributed by atoms with van der Waals surface area (Å²) < 4.78 is 5.12. The van der Waals surface area contributed by atoms with E-state index in [2.05, 4.69) is 10.2 Å². The molecule has 0 unspecified atom stereocenters. The van der Waals surface area contributed by atoms with E-state index in [4.69, 9.17) is 4.74 Å². The van der Waals surface area contributed by atoms with Crippen LogP contribution in [0.15, 0.2) is 40.7 Å². The predicted octanol–water partition coefficient (Wildman–Crippen LogP) is 1.27. The van der Waals surface area contributed by atoms with E-state index in [1.54, 1.807) is 24.1 Å². The number of rotatable bonds is 4. The molecule has 1 N–H and O–H groups in total. The molecule has 1 aliphatic heterocycles. The number of amides is 1. The average Bonchev–Trinajstić information content (AvgIpc) is 2.58. The van der Waals surface area contributed by atoms with Crippen molar-refractivity contribution in [3.63, 3.8) is 0 Å². The molecule has 1 aromatic carbocycles. The molecule has 0 spiro atoms. The monoisotopic (exact) mass is 313 g/mol. The zero-order chi connectivity index (χ0) is 16.2. The first-order chi connectivity index (χ1) is 11.2. The highest BCUT2D eigenvalue weighted by atomic mass is 16.5. The number of aromatic amines is 1. The Morgan fingerprint density at radius 3 is 2.83 bits per heavy atom. The SMILES string of the molecule is COCC1=CCN(C(=O)Cc2n[nH]c(=O)c3ccccc23)CC1. The number of benzene rings is 1. The van der Waals surface area contributed by atoms with Gasteiger partial charge in [-0.2, -0.15) is 5.10 Å². The van der Waals surface area contributed by atoms with Crippen molar-refractivity contribution < 1.29 is 9.53 Å². The number of fused-ring (bicyclic) bond motifs is 1. The van der Waals surface area contributed by atoms with Gasteiger partial charge in [-0.15, -0.1) is 0 Å². The van der Waals surface area contributed by atoms with E-state index in [0.29, 0.717) is 30.8 Å². The second-order valence-electron chi connectivity index (χ2n) is 5.61. The number of methoxy groups -OCH3 is 1. The van der Waals surface area contributed by atoms with Gasteiger partial charge >= 0.3 is 0 Å². The standard InChI is InChI=1S/C17H19N3O3/c1-23-11-12-6-8-20(9-7-12)16(21)10-15-13-4-2-3-5-14(13)17(22)19-18-15/h2-6H,7-11H2,1H3,(H,19,22). The van der Waals surface area contributed by atoms with Crippen LogP contribution in [0, 0.1) is 0 Å². The van der Waals surface area contributed by atoms with Crippen molar-refractivity contribution in [2.75, 3.05) is 26.8 Å². The average molecular weight is 313 g/mol. The van der Waals surface area contributed by atoms with Crippen LogP contribution in [0.4, 0.5) is 0 Å². The van der Waals surface area contributed by atoms with Crippen molar-refractivity contribution in [2.45, 2.75) is 12.8 Å². The highest BCUT2D eigenvalue weighted by Gasteiger charge is 2.19. The molecule has 0 aliphatic carbocycles. The molecule has 0 bridgehead atoms. The third kappa shape index (κ3) is 3.32. The van der Waals surface area contributed by atoms with Gasteiger partial charge in [-0.1, -0.05) is 24.3 Å². The van der Waals surface area contributed by atoms with Gasteiger partial charge in [0.1, 0.15) is 0 Å². The molecular formula is C17H19N3O3. The lowest BCUT2D eigenvalue weighted by atomic mass is 10.1. The smallest absolute Gasteiger partial charge is 0.272 e. The maximum absolute atomic E-state index is 12.5. The molecule has 0 atom stereocenters. The fourth-order valence-electron chi connectivity index (χ4n) is 2.82. The van der Waals surface area contributed by atoms with Crippen LogP contribution in [-0.4, -0.2) is 47.8 Å². The van der Waals surface area contributed by atoms with E-state index < -0.39 is 0 Å². The lowest BCUT2D eigenvalue weighted by Crippen LogP contribution is -2.36. The molecule has 2 aromatic rings. The van der Waals surface area contributed by atoms with Crippen LogP contribution in [0.25, 0.3) is 10.8 Å². The molecule has 120 valence electrons. The Hall–Kier alpha value is -2.47. The summed E-state index contributed by atoms with van der Waals surface area (Å²) >= 11 is 0. The van der Waals surface area contributed by atoms with E-state index in [9.17, 15) is 9.59 Å². The maximum Gasteiger partial charge on any atom is 0.272 e. The lowest BCUT2D eigenvalue weighted by molar-refractivity contribution is -0.130. The summed E-state index contributed by atoms with van der Waals surface area (Å²) in [4.78, 5) is 26.1. The third-order valence-electron chi connectivity index (χ3n) is 4.08. The van der Waals surface area contributed by atoms with Crippen molar-refractivity contribution >= 4 is 16.7 Å². The minimum absolute atomic E-state index is 0.0161. The molecule has 1 amide bonds. The van der Waals surface area contributed by atoms with Gasteiger partial charge in [0.15, 0.2) is 0 Å². The molecule has 6 nitrogen and oxygen atoms in total. The van der Waals surface area contributed by atoms with Gasteiger partial charge in [-0.05, 0) is 18.1 Å². The van der Waals surface area contributed by atoms with E-state index in [1.807, 2.05) is 18.2 Å². The molecule has 0 saturated carbocycles. The largest absolute Gasteiger partial charge is 0.380 e. The Bertz CT molecular complexity index is 810. The van der Waals surface area contributed by atoms with E-state index in [1.165, 1.54) is 5.57 Å². The normalized spacial score (nSPS) is 14.8. The number of H-pyrrole nitrogens is 1. The Morgan fingerprint density at radius 2 is 2.13 bits per heavy atom. The molecule has 0 fully saturated rings. The molecule has 1 aromatic heterocycles. The Labute approximate surface area is 133 Å². The van der Waals surface area contributed by atoms with Gasteiger partial charge in [-0.3, -0.25) is 9.59 Å². The first kappa shape index (κ1) is 15.4. The second kappa shape index (κ2) is 6.75. The highest BCUT2D eigenvalue weighted by Crippen LogP contribution is 2.16. The second-order valence-corrected chi connectivity index (χ2v) is 5.61. The van der Waals surface area contributed by atoms with Crippen molar-refractivity contribution in [3.8, 4) is 0 Å². The number of nitrogens with one attached hydrogen (secondary N) is 1. The maximum atomic E-state index is 12.5. The molecule has 23 heavy (non-hydrogen) atoms. The number of nitrogens with zero attached hydrogens (tertiary/aromatic N) is 2. The number of aromatic nitrogens is 2. The number of ether oxygens (including phenoxy) is 1. The minimum atomic E-state index is -0.234. The summed E-state index contributed by atoms with van der Waals surface area (Å²) in [6.07, 6.45) is 3.06. The first-order valence-corrected chi connectivity index (χ1v) is 7.60. The van der Waals surface area contributed by atoms with Crippen LogP contribution >= 0.6 is 0 Å². The predicted molar refractivity (Wildman–Crippen MR) is 87.2 cm³/mol. The van der Waals surface area contributed by atoms with E-state index in [0.717, 1.165) is 11.8 Å². The summed E-state index contributed by atoms with van der Waals surface area (Å²) in [6.45, 7) is 1.91. The fraction of sp³-hybridized carbons (Fsp3) is 0.353. The minimum Gasteiger partial charge on any atom is -0.380 e. The van der Waals surface area contributed by atoms with E-state index in [-0.39, 0.29) is 17.9 Å². The van der Waals surface area contributed by atoms with Gasteiger partial charge in [0, 0.05) is 25.6 Å². The Morgan fingerprint density at radius 1 is 1.35 bits per heavy atom. The number of hydrogen-bond acceptors (Lipinski definition) is 4. The number of carbonyl (C=O) groups is 1. The van der Waals surface area contributed by atoms with E-state index >= 15 is 0 Å². The zero-order valence-corrected chi connectivity index (χ0v) is 13.0. The molecule has 6 heteroatoms. The van der Waals surface area contributed by atoms with Crippen LogP contribution < -0.4 is 5.56 Å². The van der Waals surface area contributed by atoms with Crippen LogP contribution in [0.2, 0.25) is 0 Å². The molecule has 1 aliphatic rings. The zero-order valence-electron chi connectivity index (χ0n) is 13.0. The van der Waals surface area contributed by atoms with Gasteiger partial charge in [0.25, 0.3) is 5.56 Å². The molecule has 0 radical (unpaired) electrons. The van der Waals surface area contributed by atoms with Crippen LogP contribution in [-0.2, 0) is 16.0 Å². The van der Waals surface area contributed by atoms with Gasteiger partial charge in [0.05, 0.1) is 24.1 Å². The fourth-order valence-corrected chi connectivity index (χ4v) is 2.82. The van der Waals surface area contributed by atoms with Crippen molar-refractivity contribution in [1.29, 1.82) is 0 Å². The van der Waals surface area contributed by atoms with Crippen LogP contribution in [0.3, 0.4) is 0 Å². The number of hydrogen-bond donors (Lipinski definition) is 1. The molecular weight excluding hydrogens is 294 g/mol. The van der Waals surface area contributed by atoms with Crippen molar-refractivity contribution in [2.24, 2.45) is 0 Å². The highest BCUT2D eigenvalue weighted by molar-refractivity contribution is 5.88. The molecule has 3 rings (SSSR count).